The Kier molecular flexibility index (Phi) is 4.78. The molecule has 0 bridgehead atoms. The van der Waals surface area contributed by atoms with E-state index in [0.717, 1.165) is 0 Å². The minimum atomic E-state index is -1.69. The van der Waals surface area contributed by atoms with Crippen molar-refractivity contribution in [3.05, 3.63) is 22.5 Å². The van der Waals surface area contributed by atoms with Gasteiger partial charge in [-0.05, 0) is 6.92 Å². The standard InChI is InChI=1S/C9H8Cl4N2O/c1-2-16-5-15-4-6(3-14)7(10)8(15)9(11,12)13/h4H,2,5H2,1H3. The summed E-state index contributed by atoms with van der Waals surface area (Å²) in [6, 6.07) is 1.92. The monoisotopic (exact) mass is 300 g/mol. The fourth-order valence-electron chi connectivity index (χ4n) is 1.19. The molecule has 0 saturated heterocycles. The van der Waals surface area contributed by atoms with Gasteiger partial charge < -0.3 is 9.30 Å². The molecule has 1 heterocycles. The smallest absolute Gasteiger partial charge is 0.232 e. The van der Waals surface area contributed by atoms with Crippen LogP contribution in [-0.4, -0.2) is 11.2 Å². The second-order valence-corrected chi connectivity index (χ2v) is 5.57. The molecule has 0 aliphatic rings. The van der Waals surface area contributed by atoms with E-state index in [2.05, 4.69) is 0 Å². The topological polar surface area (TPSA) is 38.0 Å². The molecule has 7 heteroatoms. The summed E-state index contributed by atoms with van der Waals surface area (Å²) in [5, 5.41) is 8.97. The maximum atomic E-state index is 8.83. The van der Waals surface area contributed by atoms with Crippen LogP contribution in [0.3, 0.4) is 0 Å². The number of aromatic nitrogens is 1. The Balaban J connectivity index is 3.21. The molecule has 0 unspecified atom stereocenters. The summed E-state index contributed by atoms with van der Waals surface area (Å²) in [5.41, 5.74) is 0.492. The van der Waals surface area contributed by atoms with E-state index >= 15 is 0 Å². The average molecular weight is 302 g/mol. The number of hydrogen-bond donors (Lipinski definition) is 0. The van der Waals surface area contributed by atoms with E-state index in [-0.39, 0.29) is 23.0 Å². The molecule has 0 radical (unpaired) electrons. The third-order valence-electron chi connectivity index (χ3n) is 1.84. The van der Waals surface area contributed by atoms with Crippen molar-refractivity contribution in [3.63, 3.8) is 0 Å². The fourth-order valence-corrected chi connectivity index (χ4v) is 2.28. The first kappa shape index (κ1) is 14.0. The van der Waals surface area contributed by atoms with Crippen LogP contribution in [0.5, 0.6) is 0 Å². The maximum absolute atomic E-state index is 8.83. The summed E-state index contributed by atoms with van der Waals surface area (Å²) in [6.45, 7) is 2.53. The van der Waals surface area contributed by atoms with Crippen LogP contribution < -0.4 is 0 Å². The van der Waals surface area contributed by atoms with Crippen LogP contribution in [0.2, 0.25) is 5.02 Å². The molecule has 88 valence electrons. The highest BCUT2D eigenvalue weighted by molar-refractivity contribution is 6.67. The lowest BCUT2D eigenvalue weighted by molar-refractivity contribution is 0.0863. The predicted octanol–water partition coefficient (Wildman–Crippen LogP) is 3.83. The highest BCUT2D eigenvalue weighted by Gasteiger charge is 2.32. The van der Waals surface area contributed by atoms with E-state index in [9.17, 15) is 0 Å². The van der Waals surface area contributed by atoms with Gasteiger partial charge in [-0.1, -0.05) is 46.4 Å². The summed E-state index contributed by atoms with van der Waals surface area (Å²) in [6.07, 6.45) is 1.50. The lowest BCUT2D eigenvalue weighted by Gasteiger charge is -2.15. The first-order valence-corrected chi connectivity index (χ1v) is 5.86. The molecule has 0 atom stereocenters. The van der Waals surface area contributed by atoms with Crippen molar-refractivity contribution in [3.8, 4) is 6.07 Å². The van der Waals surface area contributed by atoms with E-state index in [4.69, 9.17) is 56.4 Å². The molecule has 1 rings (SSSR count). The number of alkyl halides is 3. The highest BCUT2D eigenvalue weighted by Crippen LogP contribution is 2.43. The van der Waals surface area contributed by atoms with Crippen LogP contribution in [0.1, 0.15) is 18.2 Å². The van der Waals surface area contributed by atoms with Crippen molar-refractivity contribution in [1.29, 1.82) is 5.26 Å². The zero-order chi connectivity index (χ0) is 12.3. The van der Waals surface area contributed by atoms with Crippen molar-refractivity contribution in [2.24, 2.45) is 0 Å². The first-order valence-electron chi connectivity index (χ1n) is 4.35. The summed E-state index contributed by atoms with van der Waals surface area (Å²) in [5.74, 6) is 0. The predicted molar refractivity (Wildman–Crippen MR) is 65.0 cm³/mol. The van der Waals surface area contributed by atoms with Gasteiger partial charge in [-0.15, -0.1) is 0 Å². The third kappa shape index (κ3) is 2.97. The molecule has 0 fully saturated rings. The van der Waals surface area contributed by atoms with E-state index in [0.29, 0.717) is 6.61 Å². The van der Waals surface area contributed by atoms with Crippen molar-refractivity contribution in [2.45, 2.75) is 17.4 Å². The number of nitriles is 1. The van der Waals surface area contributed by atoms with E-state index in [1.165, 1.54) is 10.8 Å². The van der Waals surface area contributed by atoms with Crippen molar-refractivity contribution in [1.82, 2.24) is 4.57 Å². The number of nitrogens with zero attached hydrogens (tertiary/aromatic N) is 2. The van der Waals surface area contributed by atoms with Crippen LogP contribution in [0, 0.1) is 11.3 Å². The van der Waals surface area contributed by atoms with Gasteiger partial charge >= 0.3 is 0 Å². The lowest BCUT2D eigenvalue weighted by atomic mass is 10.3. The molecular weight excluding hydrogens is 294 g/mol. The molecule has 0 aliphatic heterocycles. The first-order chi connectivity index (χ1) is 7.41. The molecule has 16 heavy (non-hydrogen) atoms. The Labute approximate surface area is 113 Å². The zero-order valence-corrected chi connectivity index (χ0v) is 11.3. The van der Waals surface area contributed by atoms with E-state index in [1.54, 1.807) is 0 Å². The van der Waals surface area contributed by atoms with Crippen LogP contribution >= 0.6 is 46.4 Å². The molecule has 3 nitrogen and oxygen atoms in total. The van der Waals surface area contributed by atoms with E-state index in [1.807, 2.05) is 13.0 Å². The van der Waals surface area contributed by atoms with Crippen molar-refractivity contribution >= 4 is 46.4 Å². The largest absolute Gasteiger partial charge is 0.361 e. The van der Waals surface area contributed by atoms with Crippen molar-refractivity contribution < 1.29 is 4.74 Å². The zero-order valence-electron chi connectivity index (χ0n) is 8.31. The van der Waals surface area contributed by atoms with E-state index < -0.39 is 3.79 Å². The fraction of sp³-hybridized carbons (Fsp3) is 0.444. The molecule has 0 aliphatic carbocycles. The quantitative estimate of drug-likeness (QED) is 0.796. The van der Waals surface area contributed by atoms with Gasteiger partial charge in [-0.25, -0.2) is 0 Å². The Hall–Kier alpha value is -0.110. The van der Waals surface area contributed by atoms with Gasteiger partial charge in [0.25, 0.3) is 0 Å². The van der Waals surface area contributed by atoms with Gasteiger partial charge in [-0.3, -0.25) is 0 Å². The summed E-state index contributed by atoms with van der Waals surface area (Å²) in [4.78, 5) is 0. The second kappa shape index (κ2) is 5.48. The Morgan fingerprint density at radius 1 is 1.50 bits per heavy atom. The molecular formula is C9H8Cl4N2O. The van der Waals surface area contributed by atoms with Gasteiger partial charge in [0.15, 0.2) is 0 Å². The number of rotatable bonds is 3. The highest BCUT2D eigenvalue weighted by atomic mass is 35.6. The molecule has 1 aromatic heterocycles. The molecule has 0 saturated carbocycles. The minimum absolute atomic E-state index is 0.141. The van der Waals surface area contributed by atoms with Crippen LogP contribution in [0.4, 0.5) is 0 Å². The molecule has 0 amide bonds. The summed E-state index contributed by atoms with van der Waals surface area (Å²) >= 11 is 23.3. The number of halogens is 4. The maximum Gasteiger partial charge on any atom is 0.232 e. The summed E-state index contributed by atoms with van der Waals surface area (Å²) < 4.78 is 5.01. The molecule has 0 spiro atoms. The van der Waals surface area contributed by atoms with Crippen LogP contribution in [0.25, 0.3) is 0 Å². The van der Waals surface area contributed by atoms with Gasteiger partial charge in [0.2, 0.25) is 3.79 Å². The van der Waals surface area contributed by atoms with Gasteiger partial charge in [0.1, 0.15) is 12.8 Å². The van der Waals surface area contributed by atoms with Crippen LogP contribution in [0.15, 0.2) is 6.20 Å². The molecule has 0 N–H and O–H groups in total. The van der Waals surface area contributed by atoms with Gasteiger partial charge in [0.05, 0.1) is 16.3 Å². The van der Waals surface area contributed by atoms with Crippen LogP contribution in [-0.2, 0) is 15.3 Å². The van der Waals surface area contributed by atoms with Crippen molar-refractivity contribution in [2.75, 3.05) is 6.61 Å². The Morgan fingerprint density at radius 3 is 2.56 bits per heavy atom. The molecule has 1 aromatic rings. The third-order valence-corrected chi connectivity index (χ3v) is 2.76. The minimum Gasteiger partial charge on any atom is -0.361 e. The SMILES string of the molecule is CCOCn1cc(C#N)c(Cl)c1C(Cl)(Cl)Cl. The second-order valence-electron chi connectivity index (χ2n) is 2.91. The average Bonchev–Trinajstić information content (AvgIpc) is 2.51. The number of ether oxygens (including phenoxy) is 1. The lowest BCUT2D eigenvalue weighted by Crippen LogP contribution is -2.12. The normalized spacial score (nSPS) is 11.5. The molecule has 0 aromatic carbocycles. The number of hydrogen-bond acceptors (Lipinski definition) is 2. The van der Waals surface area contributed by atoms with Gasteiger partial charge in [0, 0.05) is 12.8 Å². The Morgan fingerprint density at radius 2 is 2.12 bits per heavy atom. The summed E-state index contributed by atoms with van der Waals surface area (Å²) in [7, 11) is 0. The van der Waals surface area contributed by atoms with Gasteiger partial charge in [-0.2, -0.15) is 5.26 Å². The Bertz CT molecular complexity index is 416.